The number of rotatable bonds is 17. The summed E-state index contributed by atoms with van der Waals surface area (Å²) in [7, 11) is 5.26. The molecule has 1 aromatic heterocycles. The van der Waals surface area contributed by atoms with Crippen molar-refractivity contribution in [1.29, 1.82) is 0 Å². The number of benzene rings is 1. The van der Waals surface area contributed by atoms with Crippen molar-refractivity contribution in [3.8, 4) is 0 Å². The first-order chi connectivity index (χ1) is 27.4. The van der Waals surface area contributed by atoms with Crippen LogP contribution in [0.5, 0.6) is 0 Å². The van der Waals surface area contributed by atoms with Crippen molar-refractivity contribution in [2.24, 2.45) is 11.3 Å². The number of pyridine rings is 1. The van der Waals surface area contributed by atoms with Crippen molar-refractivity contribution in [1.82, 2.24) is 30.5 Å². The Kier molecular flexibility index (Phi) is 15.0. The predicted molar refractivity (Wildman–Crippen MR) is 218 cm³/mol. The summed E-state index contributed by atoms with van der Waals surface area (Å²) in [5.41, 5.74) is 6.94. The number of hydrazine groups is 1. The number of aromatic nitrogens is 1. The Labute approximate surface area is 341 Å². The van der Waals surface area contributed by atoms with Crippen LogP contribution in [0, 0.1) is 11.3 Å². The van der Waals surface area contributed by atoms with Crippen LogP contribution in [-0.2, 0) is 23.9 Å². The topological polar surface area (TPSA) is 120 Å². The summed E-state index contributed by atoms with van der Waals surface area (Å²) in [6.45, 7) is 11.7. The maximum absolute atomic E-state index is 14.5. The number of fused-ring (bicyclic) bond motifs is 1. The lowest BCUT2D eigenvalue weighted by atomic mass is 9.76. The zero-order chi connectivity index (χ0) is 42.4. The van der Waals surface area contributed by atoms with E-state index in [0.717, 1.165) is 29.5 Å². The molecule has 5 unspecified atom stereocenters. The second kappa shape index (κ2) is 19.3. The third-order valence-corrected chi connectivity index (χ3v) is 11.5. The first kappa shape index (κ1) is 45.0. The normalized spacial score (nSPS) is 20.7. The highest BCUT2D eigenvalue weighted by Gasteiger charge is 2.47. The van der Waals surface area contributed by atoms with Gasteiger partial charge in [0.15, 0.2) is 0 Å². The Balaban J connectivity index is 1.51. The number of likely N-dealkylation sites (N-methyl/N-ethyl adjacent to an activating group) is 1. The Bertz CT molecular complexity index is 1760. The summed E-state index contributed by atoms with van der Waals surface area (Å²) < 4.78 is 54.5. The van der Waals surface area contributed by atoms with Gasteiger partial charge in [-0.2, -0.15) is 13.2 Å². The van der Waals surface area contributed by atoms with Gasteiger partial charge in [-0.1, -0.05) is 45.9 Å². The van der Waals surface area contributed by atoms with Gasteiger partial charge in [-0.3, -0.25) is 34.2 Å². The van der Waals surface area contributed by atoms with Crippen molar-refractivity contribution in [3.05, 3.63) is 65.0 Å². The summed E-state index contributed by atoms with van der Waals surface area (Å²) in [6.07, 6.45) is 1.73. The number of amides is 2. The van der Waals surface area contributed by atoms with Gasteiger partial charge in [0, 0.05) is 57.6 Å². The van der Waals surface area contributed by atoms with Gasteiger partial charge in [0.1, 0.15) is 12.6 Å². The molecule has 1 fully saturated rings. The number of methoxy groups -OCH3 is 1. The molecule has 12 nitrogen and oxygen atoms in total. The molecular formula is C43H62F3N7O5. The number of halogens is 3. The molecule has 15 heteroatoms. The lowest BCUT2D eigenvalue weighted by molar-refractivity contribution is -0.142. The van der Waals surface area contributed by atoms with Crippen LogP contribution in [0.15, 0.2) is 42.6 Å². The Morgan fingerprint density at radius 2 is 1.86 bits per heavy atom. The quantitative estimate of drug-likeness (QED) is 0.188. The molecule has 5 rings (SSSR count). The van der Waals surface area contributed by atoms with Gasteiger partial charge in [-0.25, -0.2) is 5.43 Å². The van der Waals surface area contributed by atoms with E-state index in [-0.39, 0.29) is 24.3 Å². The first-order valence-electron chi connectivity index (χ1n) is 20.4. The summed E-state index contributed by atoms with van der Waals surface area (Å²) in [5.74, 6) is -0.797. The molecule has 0 aliphatic carbocycles. The van der Waals surface area contributed by atoms with Gasteiger partial charge in [-0.05, 0) is 98.5 Å². The van der Waals surface area contributed by atoms with Gasteiger partial charge in [0.2, 0.25) is 5.91 Å². The van der Waals surface area contributed by atoms with E-state index in [1.807, 2.05) is 71.8 Å². The smallest absolute Gasteiger partial charge is 0.405 e. The number of nitrogens with one attached hydrogen (secondary N) is 2. The largest absolute Gasteiger partial charge is 0.467 e. The van der Waals surface area contributed by atoms with Crippen molar-refractivity contribution >= 4 is 29.5 Å². The molecule has 2 amide bonds. The summed E-state index contributed by atoms with van der Waals surface area (Å²) in [5, 5.41) is 4.73. The lowest BCUT2D eigenvalue weighted by Gasteiger charge is -2.36. The van der Waals surface area contributed by atoms with Crippen LogP contribution >= 0.6 is 0 Å². The monoisotopic (exact) mass is 813 g/mol. The molecule has 5 atom stereocenters. The standard InChI is InChI=1S/C43H62F3N7O5/c1-28(2)38(50(6)7)40(55)49-35(41(56)53-20-10-9-18-48-53)24-51-19-12-13-31(23-51)30-15-16-36-33(21-30)34(22-42(4,5)26-58-27-54)39(52(36)25-43(44,45)46)32-14-11-17-47-37(32)29(3)57-8/h11,13-17,21,27-29,34-35,38-39,48H,9-10,12,18-20,22-26H2,1-8H3,(H,49,55). The molecule has 3 aliphatic heterocycles. The third-order valence-electron chi connectivity index (χ3n) is 11.5. The number of carbonyl (C=O) groups is 3. The molecule has 0 saturated carbocycles. The lowest BCUT2D eigenvalue weighted by Crippen LogP contribution is -2.61. The average Bonchev–Trinajstić information content (AvgIpc) is 3.45. The maximum atomic E-state index is 14.5. The van der Waals surface area contributed by atoms with E-state index in [2.05, 4.69) is 26.7 Å². The fourth-order valence-electron chi connectivity index (χ4n) is 8.95. The highest BCUT2D eigenvalue weighted by molar-refractivity contribution is 5.90. The highest BCUT2D eigenvalue weighted by Crippen LogP contribution is 2.55. The molecule has 58 heavy (non-hydrogen) atoms. The number of carbonyl (C=O) groups excluding carboxylic acids is 3. The van der Waals surface area contributed by atoms with Crippen LogP contribution in [0.1, 0.15) is 101 Å². The Morgan fingerprint density at radius 3 is 2.50 bits per heavy atom. The molecule has 1 aromatic carbocycles. The van der Waals surface area contributed by atoms with Crippen LogP contribution in [0.4, 0.5) is 18.9 Å². The minimum absolute atomic E-state index is 0.0231. The number of hydrogen-bond acceptors (Lipinski definition) is 10. The predicted octanol–water partition coefficient (Wildman–Crippen LogP) is 5.87. The van der Waals surface area contributed by atoms with Crippen LogP contribution < -0.4 is 15.6 Å². The van der Waals surface area contributed by atoms with E-state index in [4.69, 9.17) is 9.47 Å². The molecule has 2 N–H and O–H groups in total. The fraction of sp³-hybridized carbons (Fsp3) is 0.628. The minimum atomic E-state index is -4.50. The number of nitrogens with zero attached hydrogens (tertiary/aromatic N) is 5. The molecule has 320 valence electrons. The van der Waals surface area contributed by atoms with Crippen molar-refractivity contribution < 1.29 is 37.0 Å². The van der Waals surface area contributed by atoms with Gasteiger partial charge in [0.05, 0.1) is 30.5 Å². The number of hydrogen-bond donors (Lipinski definition) is 2. The Morgan fingerprint density at radius 1 is 1.10 bits per heavy atom. The molecule has 0 spiro atoms. The Hall–Kier alpha value is -4.05. The molecule has 1 saturated heterocycles. The number of ether oxygens (including phenoxy) is 2. The average molecular weight is 814 g/mol. The first-order valence-corrected chi connectivity index (χ1v) is 20.4. The molecule has 2 aromatic rings. The summed E-state index contributed by atoms with van der Waals surface area (Å²) in [6, 6.07) is 7.30. The van der Waals surface area contributed by atoms with Crippen LogP contribution in [-0.4, -0.2) is 123 Å². The molecular weight excluding hydrogens is 752 g/mol. The van der Waals surface area contributed by atoms with E-state index in [9.17, 15) is 27.6 Å². The number of anilines is 1. The minimum Gasteiger partial charge on any atom is -0.467 e. The van der Waals surface area contributed by atoms with E-state index >= 15 is 0 Å². The van der Waals surface area contributed by atoms with E-state index in [1.165, 1.54) is 4.90 Å². The zero-order valence-corrected chi connectivity index (χ0v) is 35.3. The van der Waals surface area contributed by atoms with Crippen molar-refractivity contribution in [2.75, 3.05) is 72.0 Å². The fourth-order valence-corrected chi connectivity index (χ4v) is 8.95. The molecule has 4 heterocycles. The van der Waals surface area contributed by atoms with E-state index in [0.29, 0.717) is 69.0 Å². The summed E-state index contributed by atoms with van der Waals surface area (Å²) >= 11 is 0. The highest BCUT2D eigenvalue weighted by atomic mass is 19.4. The van der Waals surface area contributed by atoms with Crippen molar-refractivity contribution in [2.45, 2.75) is 96.6 Å². The van der Waals surface area contributed by atoms with Gasteiger partial charge < -0.3 is 19.7 Å². The van der Waals surface area contributed by atoms with Crippen molar-refractivity contribution in [3.63, 3.8) is 0 Å². The van der Waals surface area contributed by atoms with Gasteiger partial charge >= 0.3 is 6.18 Å². The summed E-state index contributed by atoms with van der Waals surface area (Å²) in [4.78, 5) is 49.0. The second-order valence-corrected chi connectivity index (χ2v) is 17.3. The van der Waals surface area contributed by atoms with E-state index in [1.54, 1.807) is 30.4 Å². The SMILES string of the molecule is COC(C)c1ncccc1C1C(CC(C)(C)COC=O)c2cc(C3=CCCN(CC(NC(=O)C(C(C)C)N(C)C)C(=O)N4CCCCN4)C3)ccc2N1CC(F)(F)F. The maximum Gasteiger partial charge on any atom is 0.405 e. The number of alkyl halides is 3. The van der Waals surface area contributed by atoms with E-state index < -0.39 is 48.3 Å². The third kappa shape index (κ3) is 11.0. The molecule has 3 aliphatic rings. The second-order valence-electron chi connectivity index (χ2n) is 17.3. The van der Waals surface area contributed by atoms with Gasteiger partial charge in [0.25, 0.3) is 12.4 Å². The molecule has 0 bridgehead atoms. The van der Waals surface area contributed by atoms with Crippen LogP contribution in [0.2, 0.25) is 0 Å². The molecule has 0 radical (unpaired) electrons. The van der Waals surface area contributed by atoms with Crippen LogP contribution in [0.25, 0.3) is 5.57 Å². The van der Waals surface area contributed by atoms with Gasteiger partial charge in [-0.15, -0.1) is 0 Å². The van der Waals surface area contributed by atoms with Crippen LogP contribution in [0.3, 0.4) is 0 Å². The zero-order valence-electron chi connectivity index (χ0n) is 35.3.